The van der Waals surface area contributed by atoms with Crippen LogP contribution in [0.4, 0.5) is 5.69 Å². The summed E-state index contributed by atoms with van der Waals surface area (Å²) in [5, 5.41) is 7.85. The zero-order valence-electron chi connectivity index (χ0n) is 18.2. The molecule has 2 bridgehead atoms. The summed E-state index contributed by atoms with van der Waals surface area (Å²) in [6.07, 6.45) is 1.48. The molecule has 2 aliphatic heterocycles. The van der Waals surface area contributed by atoms with E-state index in [1.54, 1.807) is 12.1 Å². The van der Waals surface area contributed by atoms with E-state index >= 15 is 0 Å². The van der Waals surface area contributed by atoms with E-state index in [4.69, 9.17) is 20.9 Å². The number of fused-ring (bicyclic) bond motifs is 2. The van der Waals surface area contributed by atoms with E-state index in [1.807, 2.05) is 54.6 Å². The van der Waals surface area contributed by atoms with Gasteiger partial charge in [0.25, 0.3) is 0 Å². The number of nitrogens with zero attached hydrogens (tertiary/aromatic N) is 2. The van der Waals surface area contributed by atoms with Crippen LogP contribution in [0.2, 0.25) is 5.02 Å². The van der Waals surface area contributed by atoms with Gasteiger partial charge in [0, 0.05) is 16.3 Å². The number of carbonyl (C=O) groups excluding carboxylic acids is 1. The highest BCUT2D eigenvalue weighted by Crippen LogP contribution is 2.49. The number of amides is 1. The first-order valence-corrected chi connectivity index (χ1v) is 11.7. The predicted octanol–water partition coefficient (Wildman–Crippen LogP) is 5.96. The Morgan fingerprint density at radius 2 is 1.53 bits per heavy atom. The molecule has 3 aromatic carbocycles. The summed E-state index contributed by atoms with van der Waals surface area (Å²) < 4.78 is 11.7. The van der Waals surface area contributed by atoms with Crippen LogP contribution in [0.25, 0.3) is 22.5 Å². The lowest BCUT2D eigenvalue weighted by Gasteiger charge is -2.24. The molecule has 2 saturated heterocycles. The number of hydrogen-bond acceptors (Lipinski definition) is 5. The minimum absolute atomic E-state index is 0.0871. The average molecular weight is 472 g/mol. The molecule has 34 heavy (non-hydrogen) atoms. The summed E-state index contributed by atoms with van der Waals surface area (Å²) in [6.45, 7) is 0. The van der Waals surface area contributed by atoms with Crippen LogP contribution in [0.15, 0.2) is 83.4 Å². The normalized spacial score (nSPS) is 23.2. The molecule has 170 valence electrons. The summed E-state index contributed by atoms with van der Waals surface area (Å²) in [5.74, 6) is 0.180. The molecule has 0 aliphatic carbocycles. The maximum Gasteiger partial charge on any atom is 0.233 e. The zero-order chi connectivity index (χ0) is 23.1. The summed E-state index contributed by atoms with van der Waals surface area (Å²) in [5.41, 5.74) is 3.79. The van der Waals surface area contributed by atoms with Crippen molar-refractivity contribution in [3.8, 4) is 22.5 Å². The second-order valence-electron chi connectivity index (χ2n) is 8.74. The van der Waals surface area contributed by atoms with Crippen molar-refractivity contribution in [3.63, 3.8) is 0 Å². The van der Waals surface area contributed by atoms with Gasteiger partial charge < -0.3 is 14.6 Å². The topological polar surface area (TPSA) is 77.3 Å². The third kappa shape index (κ3) is 3.89. The lowest BCUT2D eigenvalue weighted by molar-refractivity contribution is -0.121. The minimum atomic E-state index is -0.383. The third-order valence-electron chi connectivity index (χ3n) is 6.66. The van der Waals surface area contributed by atoms with Crippen LogP contribution in [0.1, 0.15) is 24.7 Å². The van der Waals surface area contributed by atoms with Crippen LogP contribution >= 0.6 is 11.6 Å². The molecule has 6 rings (SSSR count). The molecule has 6 nitrogen and oxygen atoms in total. The number of aromatic nitrogens is 2. The Morgan fingerprint density at radius 3 is 2.29 bits per heavy atom. The van der Waals surface area contributed by atoms with E-state index in [0.717, 1.165) is 35.2 Å². The van der Waals surface area contributed by atoms with Gasteiger partial charge in [0.15, 0.2) is 0 Å². The second kappa shape index (κ2) is 8.70. The van der Waals surface area contributed by atoms with E-state index in [-0.39, 0.29) is 30.0 Å². The Bertz CT molecular complexity index is 1310. The van der Waals surface area contributed by atoms with Gasteiger partial charge >= 0.3 is 0 Å². The zero-order valence-corrected chi connectivity index (χ0v) is 19.0. The smallest absolute Gasteiger partial charge is 0.233 e. The summed E-state index contributed by atoms with van der Waals surface area (Å²) in [4.78, 5) is 18.0. The lowest BCUT2D eigenvalue weighted by Crippen LogP contribution is -2.36. The molecule has 4 aromatic rings. The van der Waals surface area contributed by atoms with Crippen molar-refractivity contribution in [1.29, 1.82) is 0 Å². The van der Waals surface area contributed by atoms with Crippen molar-refractivity contribution in [2.24, 2.45) is 5.92 Å². The van der Waals surface area contributed by atoms with Crippen LogP contribution in [-0.4, -0.2) is 28.3 Å². The number of nitrogens with one attached hydrogen (secondary N) is 1. The van der Waals surface area contributed by atoms with Crippen molar-refractivity contribution in [2.75, 3.05) is 5.32 Å². The van der Waals surface area contributed by atoms with E-state index in [2.05, 4.69) is 27.6 Å². The van der Waals surface area contributed by atoms with E-state index in [1.165, 1.54) is 0 Å². The molecule has 1 amide bonds. The number of halogens is 1. The van der Waals surface area contributed by atoms with Crippen LogP contribution in [-0.2, 0) is 9.53 Å². The van der Waals surface area contributed by atoms with Crippen LogP contribution in [0.3, 0.4) is 0 Å². The Balaban J connectivity index is 1.21. The van der Waals surface area contributed by atoms with Gasteiger partial charge in [-0.2, -0.15) is 4.98 Å². The van der Waals surface area contributed by atoms with Crippen molar-refractivity contribution < 1.29 is 14.1 Å². The van der Waals surface area contributed by atoms with E-state index in [9.17, 15) is 4.79 Å². The van der Waals surface area contributed by atoms with Gasteiger partial charge in [-0.3, -0.25) is 4.79 Å². The summed E-state index contributed by atoms with van der Waals surface area (Å²) in [6, 6.07) is 25.3. The molecule has 0 spiro atoms. The molecule has 4 atom stereocenters. The molecule has 1 N–H and O–H groups in total. The average Bonchev–Trinajstić information content (AvgIpc) is 3.62. The van der Waals surface area contributed by atoms with Gasteiger partial charge in [0.2, 0.25) is 17.6 Å². The number of ether oxygens (including phenoxy) is 1. The Hall–Kier alpha value is -3.48. The molecule has 0 radical (unpaired) electrons. The largest absolute Gasteiger partial charge is 0.373 e. The fraction of sp³-hybridized carbons (Fsp3) is 0.222. The Kier molecular flexibility index (Phi) is 5.40. The van der Waals surface area contributed by atoms with Crippen LogP contribution < -0.4 is 5.32 Å². The highest BCUT2D eigenvalue weighted by atomic mass is 35.5. The lowest BCUT2D eigenvalue weighted by atomic mass is 9.78. The van der Waals surface area contributed by atoms with Crippen molar-refractivity contribution in [2.45, 2.75) is 31.0 Å². The molecule has 2 fully saturated rings. The molecule has 3 heterocycles. The first kappa shape index (κ1) is 21.1. The minimum Gasteiger partial charge on any atom is -0.373 e. The van der Waals surface area contributed by atoms with Gasteiger partial charge in [0.1, 0.15) is 0 Å². The summed E-state index contributed by atoms with van der Waals surface area (Å²) in [7, 11) is 0. The molecule has 7 heteroatoms. The first-order chi connectivity index (χ1) is 16.7. The van der Waals surface area contributed by atoms with Gasteiger partial charge in [0.05, 0.1) is 24.0 Å². The van der Waals surface area contributed by atoms with Crippen LogP contribution in [0.5, 0.6) is 0 Å². The number of hydrogen-bond donors (Lipinski definition) is 1. The second-order valence-corrected chi connectivity index (χ2v) is 9.17. The molecular weight excluding hydrogens is 450 g/mol. The quantitative estimate of drug-likeness (QED) is 0.388. The molecule has 0 saturated carbocycles. The molecular formula is C27H22ClN3O3. The third-order valence-corrected chi connectivity index (χ3v) is 6.92. The van der Waals surface area contributed by atoms with Gasteiger partial charge in [-0.1, -0.05) is 59.2 Å². The maximum absolute atomic E-state index is 13.4. The van der Waals surface area contributed by atoms with E-state index in [0.29, 0.717) is 16.7 Å². The predicted molar refractivity (Wildman–Crippen MR) is 129 cm³/mol. The van der Waals surface area contributed by atoms with E-state index < -0.39 is 0 Å². The molecule has 0 unspecified atom stereocenters. The highest BCUT2D eigenvalue weighted by Gasteiger charge is 2.55. The van der Waals surface area contributed by atoms with Crippen molar-refractivity contribution in [3.05, 3.63) is 89.8 Å². The molecule has 2 aliphatic rings. The highest BCUT2D eigenvalue weighted by molar-refractivity contribution is 6.30. The SMILES string of the molecule is O=C(Nc1ccc(-c2ccccc2)cc1)[C@H]1[C@@H](c2nc(-c3ccc(Cl)cc3)no2)[C@@H]2CC[C@H]1O2. The number of carbonyl (C=O) groups is 1. The van der Waals surface area contributed by atoms with Gasteiger partial charge in [-0.25, -0.2) is 0 Å². The summed E-state index contributed by atoms with van der Waals surface area (Å²) >= 11 is 5.99. The van der Waals surface area contributed by atoms with Gasteiger partial charge in [-0.15, -0.1) is 0 Å². The maximum atomic E-state index is 13.4. The van der Waals surface area contributed by atoms with Crippen molar-refractivity contribution in [1.82, 2.24) is 10.1 Å². The first-order valence-electron chi connectivity index (χ1n) is 11.4. The molecule has 1 aromatic heterocycles. The fourth-order valence-corrected chi connectivity index (χ4v) is 5.14. The fourth-order valence-electron chi connectivity index (χ4n) is 5.01. The number of anilines is 1. The van der Waals surface area contributed by atoms with Crippen molar-refractivity contribution >= 4 is 23.2 Å². The number of rotatable bonds is 5. The van der Waals surface area contributed by atoms with Gasteiger partial charge in [-0.05, 0) is 60.4 Å². The number of benzene rings is 3. The Morgan fingerprint density at radius 1 is 0.853 bits per heavy atom. The standard InChI is InChI=1S/C27H22ClN3O3/c28-19-10-6-18(7-11-19)25-30-27(34-31-25)24-22-15-14-21(33-22)23(24)26(32)29-20-12-8-17(9-13-20)16-4-2-1-3-5-16/h1-13,21-24H,14-15H2,(H,29,32)/t21-,22+,23-,24+/m1/s1. The monoisotopic (exact) mass is 471 g/mol. The van der Waals surface area contributed by atoms with Crippen LogP contribution in [0, 0.1) is 5.92 Å². The Labute approximate surface area is 201 Å².